The molecule has 2 aromatic rings. The van der Waals surface area contributed by atoms with Gasteiger partial charge in [0.15, 0.2) is 0 Å². The molecule has 2 aromatic carbocycles. The van der Waals surface area contributed by atoms with Gasteiger partial charge in [-0.1, -0.05) is 100 Å². The highest BCUT2D eigenvalue weighted by Gasteiger charge is 2.04. The lowest BCUT2D eigenvalue weighted by molar-refractivity contribution is -0.108. The third-order valence-electron chi connectivity index (χ3n) is 5.41. The molecule has 32 heavy (non-hydrogen) atoms. The summed E-state index contributed by atoms with van der Waals surface area (Å²) in [7, 11) is 0. The van der Waals surface area contributed by atoms with Gasteiger partial charge in [0.1, 0.15) is 0 Å². The zero-order chi connectivity index (χ0) is 22.9. The Balaban J connectivity index is 1.74. The fourth-order valence-corrected chi connectivity index (χ4v) is 3.47. The monoisotopic (exact) mass is 429 g/mol. The van der Waals surface area contributed by atoms with Gasteiger partial charge in [-0.05, 0) is 48.2 Å². The summed E-state index contributed by atoms with van der Waals surface area (Å²) in [5.74, 6) is 13.0. The van der Waals surface area contributed by atoms with Crippen LogP contribution >= 0.6 is 0 Å². The summed E-state index contributed by atoms with van der Waals surface area (Å²) < 4.78 is 0. The van der Waals surface area contributed by atoms with E-state index in [-0.39, 0.29) is 0 Å². The quantitative estimate of drug-likeness (QED) is 0.212. The van der Waals surface area contributed by atoms with E-state index in [4.69, 9.17) is 0 Å². The predicted molar refractivity (Wildman–Crippen MR) is 135 cm³/mol. The molecule has 170 valence electrons. The first kappa shape index (κ1) is 25.7. The number of hydrogen-bond donors (Lipinski definition) is 1. The molecule has 0 aliphatic carbocycles. The van der Waals surface area contributed by atoms with Crippen molar-refractivity contribution < 1.29 is 5.21 Å². The fraction of sp³-hybridized carbons (Fsp3) is 0.467. The van der Waals surface area contributed by atoms with E-state index in [0.717, 1.165) is 35.1 Å². The van der Waals surface area contributed by atoms with Crippen molar-refractivity contribution in [2.45, 2.75) is 91.1 Å². The summed E-state index contributed by atoms with van der Waals surface area (Å²) in [6, 6.07) is 16.3. The average molecular weight is 430 g/mol. The zero-order valence-electron chi connectivity index (χ0n) is 20.0. The number of unbranched alkanes of at least 4 members (excludes halogenated alkanes) is 8. The summed E-state index contributed by atoms with van der Waals surface area (Å²) in [6.07, 6.45) is 12.0. The lowest BCUT2D eigenvalue weighted by Crippen LogP contribution is -2.18. The molecular formula is C30H39NO. The molecule has 1 N–H and O–H groups in total. The Morgan fingerprint density at radius 1 is 0.594 bits per heavy atom. The minimum atomic E-state index is 0.490. The van der Waals surface area contributed by atoms with Crippen LogP contribution in [0.5, 0.6) is 0 Å². The Labute approximate surface area is 196 Å². The van der Waals surface area contributed by atoms with E-state index in [9.17, 15) is 5.21 Å². The number of benzene rings is 2. The van der Waals surface area contributed by atoms with Crippen LogP contribution in [0.1, 0.15) is 100 Å². The minimum absolute atomic E-state index is 0.490. The highest BCUT2D eigenvalue weighted by molar-refractivity contribution is 5.37. The molecule has 0 unspecified atom stereocenters. The highest BCUT2D eigenvalue weighted by Crippen LogP contribution is 2.11. The predicted octanol–water partition coefficient (Wildman–Crippen LogP) is 7.72. The summed E-state index contributed by atoms with van der Waals surface area (Å²) >= 11 is 0. The Bertz CT molecular complexity index is 799. The van der Waals surface area contributed by atoms with Crippen molar-refractivity contribution in [3.05, 3.63) is 70.8 Å². The van der Waals surface area contributed by atoms with E-state index in [1.165, 1.54) is 56.4 Å². The van der Waals surface area contributed by atoms with Crippen LogP contribution in [0, 0.1) is 23.7 Å². The molecule has 0 radical (unpaired) electrons. The van der Waals surface area contributed by atoms with Crippen molar-refractivity contribution in [3.8, 4) is 23.7 Å². The standard InChI is InChI=1S/C30H39NO/c1-3-5-7-9-11-13-15-27-17-21-29(22-18-27)25-31(32)26-30-23-19-28(20-24-30)16-14-12-10-8-6-4-2/h17-24,32H,3-12,25-26H2,1-2H3. The fourth-order valence-electron chi connectivity index (χ4n) is 3.47. The second-order valence-electron chi connectivity index (χ2n) is 8.44. The number of hydrogen-bond acceptors (Lipinski definition) is 2. The van der Waals surface area contributed by atoms with Crippen LogP contribution in [-0.2, 0) is 13.1 Å². The third-order valence-corrected chi connectivity index (χ3v) is 5.41. The number of hydroxylamine groups is 2. The molecule has 2 rings (SSSR count). The molecule has 0 heterocycles. The SMILES string of the molecule is CCCCCCC#Cc1ccc(CN(O)Cc2ccc(C#CCCCCCC)cc2)cc1. The van der Waals surface area contributed by atoms with E-state index >= 15 is 0 Å². The molecule has 0 amide bonds. The molecule has 0 atom stereocenters. The van der Waals surface area contributed by atoms with Crippen LogP contribution in [0.3, 0.4) is 0 Å². The topological polar surface area (TPSA) is 23.5 Å². The maximum absolute atomic E-state index is 10.4. The van der Waals surface area contributed by atoms with Crippen LogP contribution in [-0.4, -0.2) is 10.3 Å². The Morgan fingerprint density at radius 3 is 1.38 bits per heavy atom. The van der Waals surface area contributed by atoms with Gasteiger partial charge in [0.25, 0.3) is 0 Å². The smallest absolute Gasteiger partial charge is 0.0492 e. The summed E-state index contributed by atoms with van der Waals surface area (Å²) in [5, 5.41) is 11.7. The van der Waals surface area contributed by atoms with Crippen molar-refractivity contribution in [3.63, 3.8) is 0 Å². The molecule has 0 fully saturated rings. The molecule has 0 spiro atoms. The zero-order valence-corrected chi connectivity index (χ0v) is 20.0. The van der Waals surface area contributed by atoms with Gasteiger partial charge in [0, 0.05) is 37.1 Å². The molecule has 0 aliphatic rings. The van der Waals surface area contributed by atoms with Gasteiger partial charge < -0.3 is 5.21 Å². The maximum Gasteiger partial charge on any atom is 0.0492 e. The van der Waals surface area contributed by atoms with Gasteiger partial charge in [-0.2, -0.15) is 5.06 Å². The maximum atomic E-state index is 10.4. The summed E-state index contributed by atoms with van der Waals surface area (Å²) in [6.45, 7) is 5.43. The van der Waals surface area contributed by atoms with Crippen LogP contribution < -0.4 is 0 Å². The van der Waals surface area contributed by atoms with E-state index in [1.807, 2.05) is 48.5 Å². The van der Waals surface area contributed by atoms with Crippen LogP contribution in [0.4, 0.5) is 0 Å². The van der Waals surface area contributed by atoms with Gasteiger partial charge in [0.2, 0.25) is 0 Å². The van der Waals surface area contributed by atoms with E-state index in [0.29, 0.717) is 13.1 Å². The van der Waals surface area contributed by atoms with Gasteiger partial charge in [0.05, 0.1) is 0 Å². The van der Waals surface area contributed by atoms with Crippen molar-refractivity contribution in [1.82, 2.24) is 5.06 Å². The molecular weight excluding hydrogens is 390 g/mol. The highest BCUT2D eigenvalue weighted by atomic mass is 16.5. The molecule has 0 bridgehead atoms. The second-order valence-corrected chi connectivity index (χ2v) is 8.44. The van der Waals surface area contributed by atoms with Crippen LogP contribution in [0.25, 0.3) is 0 Å². The van der Waals surface area contributed by atoms with Crippen LogP contribution in [0.2, 0.25) is 0 Å². The molecule has 2 heteroatoms. The third kappa shape index (κ3) is 11.2. The minimum Gasteiger partial charge on any atom is -0.313 e. The van der Waals surface area contributed by atoms with Crippen molar-refractivity contribution in [1.29, 1.82) is 0 Å². The Hall–Kier alpha value is -2.52. The Morgan fingerprint density at radius 2 is 1.00 bits per heavy atom. The lowest BCUT2D eigenvalue weighted by Gasteiger charge is -2.15. The molecule has 2 nitrogen and oxygen atoms in total. The van der Waals surface area contributed by atoms with Crippen LogP contribution in [0.15, 0.2) is 48.5 Å². The van der Waals surface area contributed by atoms with Gasteiger partial charge in [-0.15, -0.1) is 0 Å². The first-order valence-electron chi connectivity index (χ1n) is 12.3. The normalized spacial score (nSPS) is 10.4. The largest absolute Gasteiger partial charge is 0.313 e. The summed E-state index contributed by atoms with van der Waals surface area (Å²) in [4.78, 5) is 0. The van der Waals surface area contributed by atoms with E-state index < -0.39 is 0 Å². The van der Waals surface area contributed by atoms with Crippen molar-refractivity contribution >= 4 is 0 Å². The number of nitrogens with zero attached hydrogens (tertiary/aromatic N) is 1. The average Bonchev–Trinajstić information content (AvgIpc) is 2.80. The lowest BCUT2D eigenvalue weighted by atomic mass is 10.1. The Kier molecular flexibility index (Phi) is 13.0. The van der Waals surface area contributed by atoms with Crippen molar-refractivity contribution in [2.24, 2.45) is 0 Å². The molecule has 0 saturated heterocycles. The molecule has 0 aromatic heterocycles. The molecule has 0 aliphatic heterocycles. The number of rotatable bonds is 12. The molecule has 0 saturated carbocycles. The first-order chi connectivity index (χ1) is 15.7. The van der Waals surface area contributed by atoms with E-state index in [1.54, 1.807) is 0 Å². The first-order valence-corrected chi connectivity index (χ1v) is 12.3. The second kappa shape index (κ2) is 16.2. The summed E-state index contributed by atoms with van der Waals surface area (Å²) in [5.41, 5.74) is 4.23. The van der Waals surface area contributed by atoms with Gasteiger partial charge >= 0.3 is 0 Å². The van der Waals surface area contributed by atoms with Crippen molar-refractivity contribution in [2.75, 3.05) is 0 Å². The van der Waals surface area contributed by atoms with Gasteiger partial charge in [-0.3, -0.25) is 0 Å². The van der Waals surface area contributed by atoms with Gasteiger partial charge in [-0.25, -0.2) is 0 Å². The van der Waals surface area contributed by atoms with E-state index in [2.05, 4.69) is 37.5 Å².